The van der Waals surface area contributed by atoms with Crippen LogP contribution < -0.4 is 5.56 Å². The molecule has 4 rings (SSSR count). The van der Waals surface area contributed by atoms with Gasteiger partial charge in [0.2, 0.25) is 5.89 Å². The van der Waals surface area contributed by atoms with Gasteiger partial charge in [0, 0.05) is 9.90 Å². The van der Waals surface area contributed by atoms with E-state index in [1.165, 1.54) is 23.1 Å². The maximum atomic E-state index is 13.3. The third-order valence-corrected chi connectivity index (χ3v) is 6.43. The van der Waals surface area contributed by atoms with Crippen molar-refractivity contribution in [2.24, 2.45) is 0 Å². The van der Waals surface area contributed by atoms with Crippen LogP contribution in [0.1, 0.15) is 22.2 Å². The van der Waals surface area contributed by atoms with Crippen LogP contribution in [0.2, 0.25) is 5.02 Å². The van der Waals surface area contributed by atoms with Gasteiger partial charge in [0.05, 0.1) is 16.8 Å². The first kappa shape index (κ1) is 18.2. The normalized spacial score (nSPS) is 11.4. The van der Waals surface area contributed by atoms with Crippen molar-refractivity contribution in [1.82, 2.24) is 19.7 Å². The fourth-order valence-corrected chi connectivity index (χ4v) is 4.76. The van der Waals surface area contributed by atoms with Crippen molar-refractivity contribution in [3.63, 3.8) is 0 Å². The lowest BCUT2D eigenvalue weighted by Crippen LogP contribution is -2.21. The van der Waals surface area contributed by atoms with Gasteiger partial charge in [-0.2, -0.15) is 4.98 Å². The summed E-state index contributed by atoms with van der Waals surface area (Å²) >= 11 is 8.93. The number of thioether (sulfide) groups is 1. The fraction of sp³-hybridized carbons (Fsp3) is 0.222. The summed E-state index contributed by atoms with van der Waals surface area (Å²) in [7, 11) is 0. The molecule has 27 heavy (non-hydrogen) atoms. The molecule has 0 spiro atoms. The molecule has 3 aromatic heterocycles. The van der Waals surface area contributed by atoms with Crippen LogP contribution in [-0.2, 0) is 5.75 Å². The fourth-order valence-electron chi connectivity index (χ4n) is 2.71. The first-order valence-electron chi connectivity index (χ1n) is 8.14. The third kappa shape index (κ3) is 3.40. The van der Waals surface area contributed by atoms with Crippen LogP contribution in [0, 0.1) is 20.8 Å². The van der Waals surface area contributed by atoms with Gasteiger partial charge in [-0.3, -0.25) is 9.36 Å². The van der Waals surface area contributed by atoms with Crippen LogP contribution in [0.4, 0.5) is 0 Å². The van der Waals surface area contributed by atoms with E-state index >= 15 is 0 Å². The van der Waals surface area contributed by atoms with E-state index in [4.69, 9.17) is 21.1 Å². The molecule has 6 nitrogen and oxygen atoms in total. The highest BCUT2D eigenvalue weighted by atomic mass is 35.5. The molecule has 3 heterocycles. The molecule has 0 aliphatic rings. The molecule has 0 unspecified atom stereocenters. The van der Waals surface area contributed by atoms with E-state index in [9.17, 15) is 4.79 Å². The molecule has 0 aliphatic carbocycles. The van der Waals surface area contributed by atoms with E-state index < -0.39 is 0 Å². The molecular formula is C18H15ClN4O2S2. The Morgan fingerprint density at radius 2 is 1.93 bits per heavy atom. The number of halogens is 1. The molecular weight excluding hydrogens is 404 g/mol. The molecule has 1 aromatic carbocycles. The topological polar surface area (TPSA) is 73.8 Å². The quantitative estimate of drug-likeness (QED) is 0.353. The predicted molar refractivity (Wildman–Crippen MR) is 108 cm³/mol. The molecule has 138 valence electrons. The summed E-state index contributed by atoms with van der Waals surface area (Å²) in [6.45, 7) is 5.72. The van der Waals surface area contributed by atoms with Gasteiger partial charge in [-0.1, -0.05) is 28.5 Å². The highest BCUT2D eigenvalue weighted by molar-refractivity contribution is 7.98. The number of aromatic nitrogens is 4. The summed E-state index contributed by atoms with van der Waals surface area (Å²) in [5, 5.41) is 5.64. The molecule has 0 amide bonds. The van der Waals surface area contributed by atoms with E-state index in [0.717, 1.165) is 15.3 Å². The zero-order chi connectivity index (χ0) is 19.1. The second-order valence-electron chi connectivity index (χ2n) is 6.00. The number of rotatable bonds is 4. The lowest BCUT2D eigenvalue weighted by molar-refractivity contribution is 0.387. The van der Waals surface area contributed by atoms with Crippen molar-refractivity contribution in [3.05, 3.63) is 61.8 Å². The molecule has 0 N–H and O–H groups in total. The van der Waals surface area contributed by atoms with Crippen molar-refractivity contribution in [1.29, 1.82) is 0 Å². The Kier molecular flexibility index (Phi) is 4.79. The molecule has 4 aromatic rings. The number of hydrogen-bond acceptors (Lipinski definition) is 7. The number of thiophene rings is 1. The largest absolute Gasteiger partial charge is 0.338 e. The Morgan fingerprint density at radius 1 is 1.19 bits per heavy atom. The summed E-state index contributed by atoms with van der Waals surface area (Å²) < 4.78 is 6.79. The molecule has 0 saturated carbocycles. The predicted octanol–water partition coefficient (Wildman–Crippen LogP) is 4.70. The van der Waals surface area contributed by atoms with Gasteiger partial charge in [-0.25, -0.2) is 4.98 Å². The second-order valence-corrected chi connectivity index (χ2v) is 8.58. The summed E-state index contributed by atoms with van der Waals surface area (Å²) in [6.07, 6.45) is 0. The van der Waals surface area contributed by atoms with Gasteiger partial charge in [-0.15, -0.1) is 11.3 Å². The van der Waals surface area contributed by atoms with Crippen LogP contribution >= 0.6 is 34.7 Å². The van der Waals surface area contributed by atoms with Gasteiger partial charge in [0.15, 0.2) is 11.0 Å². The zero-order valence-corrected chi connectivity index (χ0v) is 17.2. The van der Waals surface area contributed by atoms with Crippen molar-refractivity contribution >= 4 is 44.9 Å². The Bertz CT molecular complexity index is 1190. The van der Waals surface area contributed by atoms with E-state index in [0.29, 0.717) is 38.7 Å². The van der Waals surface area contributed by atoms with E-state index in [1.54, 1.807) is 23.6 Å². The van der Waals surface area contributed by atoms with Gasteiger partial charge in [0.25, 0.3) is 5.56 Å². The maximum absolute atomic E-state index is 13.3. The Balaban J connectivity index is 1.88. The minimum atomic E-state index is -0.0895. The molecule has 0 saturated heterocycles. The van der Waals surface area contributed by atoms with Gasteiger partial charge in [0.1, 0.15) is 4.83 Å². The van der Waals surface area contributed by atoms with Gasteiger partial charge < -0.3 is 4.52 Å². The molecule has 0 fully saturated rings. The second kappa shape index (κ2) is 7.10. The number of hydrogen-bond donors (Lipinski definition) is 0. The smallest absolute Gasteiger partial charge is 0.267 e. The van der Waals surface area contributed by atoms with Gasteiger partial charge in [-0.05, 0) is 50.6 Å². The molecule has 0 aliphatic heterocycles. The maximum Gasteiger partial charge on any atom is 0.267 e. The van der Waals surface area contributed by atoms with E-state index in [-0.39, 0.29) is 5.56 Å². The van der Waals surface area contributed by atoms with Crippen molar-refractivity contribution in [2.45, 2.75) is 31.7 Å². The van der Waals surface area contributed by atoms with Gasteiger partial charge >= 0.3 is 0 Å². The number of aryl methyl sites for hydroxylation is 3. The summed E-state index contributed by atoms with van der Waals surface area (Å²) in [5.41, 5.74) is 1.60. The SMILES string of the molecule is Cc1noc(CSc2nc3sc(C)c(C)c3c(=O)n2-c2ccc(Cl)cc2)n1. The number of benzene rings is 1. The Hall–Kier alpha value is -2.16. The highest BCUT2D eigenvalue weighted by Crippen LogP contribution is 2.30. The van der Waals surface area contributed by atoms with Crippen molar-refractivity contribution in [2.75, 3.05) is 0 Å². The number of nitrogens with zero attached hydrogens (tertiary/aromatic N) is 4. The first-order chi connectivity index (χ1) is 12.9. The van der Waals surface area contributed by atoms with E-state index in [1.807, 2.05) is 26.0 Å². The lowest BCUT2D eigenvalue weighted by atomic mass is 10.2. The molecule has 0 atom stereocenters. The molecule has 0 radical (unpaired) electrons. The van der Waals surface area contributed by atoms with Crippen LogP contribution in [-0.4, -0.2) is 19.7 Å². The standard InChI is InChI=1S/C18H15ClN4O2S2/c1-9-10(2)27-16-15(9)17(24)23(13-6-4-12(19)5-7-13)18(21-16)26-8-14-20-11(3)22-25-14/h4-7H,8H2,1-3H3. The third-order valence-electron chi connectivity index (χ3n) is 4.15. The minimum Gasteiger partial charge on any atom is -0.338 e. The van der Waals surface area contributed by atoms with Crippen molar-refractivity contribution in [3.8, 4) is 5.69 Å². The van der Waals surface area contributed by atoms with Crippen LogP contribution in [0.3, 0.4) is 0 Å². The monoisotopic (exact) mass is 418 g/mol. The molecule has 0 bridgehead atoms. The number of fused-ring (bicyclic) bond motifs is 1. The first-order valence-corrected chi connectivity index (χ1v) is 10.3. The van der Waals surface area contributed by atoms with Crippen molar-refractivity contribution < 1.29 is 4.52 Å². The average Bonchev–Trinajstić information content (AvgIpc) is 3.17. The molecule has 9 heteroatoms. The summed E-state index contributed by atoms with van der Waals surface area (Å²) in [4.78, 5) is 24.1. The summed E-state index contributed by atoms with van der Waals surface area (Å²) in [6, 6.07) is 7.14. The lowest BCUT2D eigenvalue weighted by Gasteiger charge is -2.11. The van der Waals surface area contributed by atoms with E-state index in [2.05, 4.69) is 10.1 Å². The Labute approximate surface area is 168 Å². The van der Waals surface area contributed by atoms with Crippen LogP contribution in [0.5, 0.6) is 0 Å². The zero-order valence-electron chi connectivity index (χ0n) is 14.8. The summed E-state index contributed by atoms with van der Waals surface area (Å²) in [5.74, 6) is 1.50. The Morgan fingerprint density at radius 3 is 2.59 bits per heavy atom. The highest BCUT2D eigenvalue weighted by Gasteiger charge is 2.18. The van der Waals surface area contributed by atoms with Crippen LogP contribution in [0.15, 0.2) is 38.7 Å². The average molecular weight is 419 g/mol. The minimum absolute atomic E-state index is 0.0895. The van der Waals surface area contributed by atoms with Crippen LogP contribution in [0.25, 0.3) is 15.9 Å².